The molecule has 0 saturated carbocycles. The SMILES string of the molecule is Cc1ccc(C(=O)N(C)[C@@H]2CNC[C@H]2O)n1C. The van der Waals surface area contributed by atoms with E-state index in [1.54, 1.807) is 11.9 Å². The number of aliphatic hydroxyl groups is 1. The average Bonchev–Trinajstić information content (AvgIpc) is 2.86. The first kappa shape index (κ1) is 12.1. The second-order valence-electron chi connectivity index (χ2n) is 4.63. The molecule has 2 heterocycles. The fourth-order valence-electron chi connectivity index (χ4n) is 2.21. The van der Waals surface area contributed by atoms with Crippen molar-refractivity contribution in [2.24, 2.45) is 7.05 Å². The molecule has 2 N–H and O–H groups in total. The molecule has 1 aliphatic rings. The average molecular weight is 237 g/mol. The van der Waals surface area contributed by atoms with E-state index in [0.717, 1.165) is 5.69 Å². The molecule has 0 spiro atoms. The van der Waals surface area contributed by atoms with E-state index in [9.17, 15) is 9.90 Å². The molecule has 5 heteroatoms. The molecule has 0 aliphatic carbocycles. The molecule has 5 nitrogen and oxygen atoms in total. The molecule has 1 saturated heterocycles. The van der Waals surface area contributed by atoms with Crippen LogP contribution in [-0.2, 0) is 7.05 Å². The fraction of sp³-hybridized carbons (Fsp3) is 0.583. The van der Waals surface area contributed by atoms with Crippen LogP contribution in [0.4, 0.5) is 0 Å². The van der Waals surface area contributed by atoms with Crippen molar-refractivity contribution in [2.45, 2.75) is 19.1 Å². The summed E-state index contributed by atoms with van der Waals surface area (Å²) in [5.74, 6) is -0.0478. The molecule has 2 atom stereocenters. The summed E-state index contributed by atoms with van der Waals surface area (Å²) >= 11 is 0. The molecule has 1 amide bonds. The Kier molecular flexibility index (Phi) is 3.22. The van der Waals surface area contributed by atoms with Crippen LogP contribution in [0.25, 0.3) is 0 Å². The van der Waals surface area contributed by atoms with Gasteiger partial charge in [0.1, 0.15) is 5.69 Å². The standard InChI is InChI=1S/C12H19N3O2/c1-8-4-5-9(14(8)2)12(17)15(3)10-6-13-7-11(10)16/h4-5,10-11,13,16H,6-7H2,1-3H3/t10-,11-/m1/s1. The fourth-order valence-corrected chi connectivity index (χ4v) is 2.21. The van der Waals surface area contributed by atoms with Crippen molar-refractivity contribution in [3.05, 3.63) is 23.5 Å². The number of aromatic nitrogens is 1. The van der Waals surface area contributed by atoms with Crippen molar-refractivity contribution in [1.29, 1.82) is 0 Å². The molecule has 0 aromatic carbocycles. The minimum atomic E-state index is -0.481. The van der Waals surface area contributed by atoms with Gasteiger partial charge < -0.3 is 19.9 Å². The highest BCUT2D eigenvalue weighted by Crippen LogP contribution is 2.13. The maximum Gasteiger partial charge on any atom is 0.270 e. The molecule has 1 aliphatic heterocycles. The molecule has 94 valence electrons. The van der Waals surface area contributed by atoms with Gasteiger partial charge in [-0.25, -0.2) is 0 Å². The number of carbonyl (C=O) groups excluding carboxylic acids is 1. The van der Waals surface area contributed by atoms with E-state index in [1.807, 2.05) is 30.7 Å². The van der Waals surface area contributed by atoms with Gasteiger partial charge in [-0.05, 0) is 19.1 Å². The first-order valence-corrected chi connectivity index (χ1v) is 5.80. The molecule has 17 heavy (non-hydrogen) atoms. The Labute approximate surface area is 101 Å². The summed E-state index contributed by atoms with van der Waals surface area (Å²) in [5.41, 5.74) is 1.70. The first-order chi connectivity index (χ1) is 8.02. The quantitative estimate of drug-likeness (QED) is 0.745. The van der Waals surface area contributed by atoms with E-state index in [4.69, 9.17) is 0 Å². The third-order valence-electron chi connectivity index (χ3n) is 3.56. The van der Waals surface area contributed by atoms with Crippen LogP contribution in [-0.4, -0.2) is 52.8 Å². The zero-order valence-corrected chi connectivity index (χ0v) is 10.5. The maximum atomic E-state index is 12.3. The van der Waals surface area contributed by atoms with Gasteiger partial charge in [-0.2, -0.15) is 0 Å². The summed E-state index contributed by atoms with van der Waals surface area (Å²) < 4.78 is 1.87. The summed E-state index contributed by atoms with van der Waals surface area (Å²) in [5, 5.41) is 12.8. The highest BCUT2D eigenvalue weighted by molar-refractivity contribution is 5.93. The number of hydrogen-bond donors (Lipinski definition) is 2. The molecule has 0 radical (unpaired) electrons. The number of aliphatic hydroxyl groups excluding tert-OH is 1. The van der Waals surface area contributed by atoms with Crippen molar-refractivity contribution >= 4 is 5.91 Å². The number of rotatable bonds is 2. The van der Waals surface area contributed by atoms with Crippen LogP contribution >= 0.6 is 0 Å². The van der Waals surface area contributed by atoms with Crippen LogP contribution < -0.4 is 5.32 Å². The van der Waals surface area contributed by atoms with Crippen LogP contribution in [0.15, 0.2) is 12.1 Å². The lowest BCUT2D eigenvalue weighted by atomic mass is 10.2. The van der Waals surface area contributed by atoms with Crippen molar-refractivity contribution in [3.63, 3.8) is 0 Å². The summed E-state index contributed by atoms with van der Waals surface area (Å²) in [6.45, 7) is 3.16. The van der Waals surface area contributed by atoms with Gasteiger partial charge in [-0.1, -0.05) is 0 Å². The molecule has 1 aromatic heterocycles. The highest BCUT2D eigenvalue weighted by Gasteiger charge is 2.32. The van der Waals surface area contributed by atoms with Crippen LogP contribution in [0.2, 0.25) is 0 Å². The maximum absolute atomic E-state index is 12.3. The lowest BCUT2D eigenvalue weighted by molar-refractivity contribution is 0.0572. The third kappa shape index (κ3) is 2.08. The second kappa shape index (κ2) is 4.50. The number of amides is 1. The second-order valence-corrected chi connectivity index (χ2v) is 4.63. The Bertz CT molecular complexity index is 427. The summed E-state index contributed by atoms with van der Waals surface area (Å²) in [7, 11) is 3.62. The summed E-state index contributed by atoms with van der Waals surface area (Å²) in [6.07, 6.45) is -0.481. The number of nitrogens with one attached hydrogen (secondary N) is 1. The Morgan fingerprint density at radius 2 is 2.24 bits per heavy atom. The number of carbonyl (C=O) groups is 1. The number of likely N-dealkylation sites (N-methyl/N-ethyl adjacent to an activating group) is 1. The van der Waals surface area contributed by atoms with Crippen LogP contribution in [0, 0.1) is 6.92 Å². The molecular formula is C12H19N3O2. The van der Waals surface area contributed by atoms with E-state index in [1.165, 1.54) is 0 Å². The van der Waals surface area contributed by atoms with Gasteiger partial charge in [-0.15, -0.1) is 0 Å². The van der Waals surface area contributed by atoms with Gasteiger partial charge >= 0.3 is 0 Å². The van der Waals surface area contributed by atoms with Crippen LogP contribution in [0.1, 0.15) is 16.2 Å². The predicted octanol–water partition coefficient (Wildman–Crippen LogP) is -0.262. The van der Waals surface area contributed by atoms with Crippen LogP contribution in [0.5, 0.6) is 0 Å². The number of aryl methyl sites for hydroxylation is 1. The minimum Gasteiger partial charge on any atom is -0.390 e. The van der Waals surface area contributed by atoms with Crippen molar-refractivity contribution < 1.29 is 9.90 Å². The predicted molar refractivity (Wildman–Crippen MR) is 64.9 cm³/mol. The summed E-state index contributed by atoms with van der Waals surface area (Å²) in [4.78, 5) is 13.9. The number of β-amino-alcohol motifs (C(OH)–C–C–N with tert-alkyl or cyclic N) is 1. The van der Waals surface area contributed by atoms with E-state index in [2.05, 4.69) is 5.32 Å². The molecule has 1 aromatic rings. The van der Waals surface area contributed by atoms with Gasteiger partial charge in [0.2, 0.25) is 0 Å². The monoisotopic (exact) mass is 237 g/mol. The molecule has 2 rings (SSSR count). The Morgan fingerprint density at radius 1 is 1.53 bits per heavy atom. The zero-order valence-electron chi connectivity index (χ0n) is 10.5. The third-order valence-corrected chi connectivity index (χ3v) is 3.56. The van der Waals surface area contributed by atoms with E-state index < -0.39 is 6.10 Å². The molecule has 0 bridgehead atoms. The largest absolute Gasteiger partial charge is 0.390 e. The van der Waals surface area contributed by atoms with Crippen LogP contribution in [0.3, 0.4) is 0 Å². The Hall–Kier alpha value is -1.33. The van der Waals surface area contributed by atoms with Gasteiger partial charge in [-0.3, -0.25) is 4.79 Å². The zero-order chi connectivity index (χ0) is 12.6. The number of nitrogens with zero attached hydrogens (tertiary/aromatic N) is 2. The van der Waals surface area contributed by atoms with Gasteiger partial charge in [0.05, 0.1) is 12.1 Å². The summed E-state index contributed by atoms with van der Waals surface area (Å²) in [6, 6.07) is 3.60. The van der Waals surface area contributed by atoms with Crippen molar-refractivity contribution in [2.75, 3.05) is 20.1 Å². The topological polar surface area (TPSA) is 57.5 Å². The molecular weight excluding hydrogens is 218 g/mol. The van der Waals surface area contributed by atoms with Gasteiger partial charge in [0, 0.05) is 32.9 Å². The lowest BCUT2D eigenvalue weighted by Crippen LogP contribution is -2.44. The smallest absolute Gasteiger partial charge is 0.270 e. The van der Waals surface area contributed by atoms with Gasteiger partial charge in [0.15, 0.2) is 0 Å². The lowest BCUT2D eigenvalue weighted by Gasteiger charge is -2.26. The first-order valence-electron chi connectivity index (χ1n) is 5.80. The molecule has 1 fully saturated rings. The van der Waals surface area contributed by atoms with E-state index in [0.29, 0.717) is 18.8 Å². The minimum absolute atomic E-state index is 0.0478. The Morgan fingerprint density at radius 3 is 2.71 bits per heavy atom. The normalized spacial score (nSPS) is 24.0. The van der Waals surface area contributed by atoms with Gasteiger partial charge in [0.25, 0.3) is 5.91 Å². The van der Waals surface area contributed by atoms with Crippen molar-refractivity contribution in [3.8, 4) is 0 Å². The van der Waals surface area contributed by atoms with Crippen molar-refractivity contribution in [1.82, 2.24) is 14.8 Å². The Balaban J connectivity index is 2.17. The highest BCUT2D eigenvalue weighted by atomic mass is 16.3. The van der Waals surface area contributed by atoms with E-state index in [-0.39, 0.29) is 11.9 Å². The molecule has 0 unspecified atom stereocenters. The number of hydrogen-bond acceptors (Lipinski definition) is 3. The van der Waals surface area contributed by atoms with E-state index >= 15 is 0 Å².